The fourth-order valence-electron chi connectivity index (χ4n) is 2.03. The molecule has 1 aromatic carbocycles. The van der Waals surface area contributed by atoms with E-state index in [1.807, 2.05) is 18.2 Å². The number of hydrogen-bond acceptors (Lipinski definition) is 3. The van der Waals surface area contributed by atoms with Gasteiger partial charge in [0.25, 0.3) is 0 Å². The van der Waals surface area contributed by atoms with Crippen molar-refractivity contribution < 1.29 is 8.42 Å². The maximum absolute atomic E-state index is 11.8. The van der Waals surface area contributed by atoms with Gasteiger partial charge in [-0.3, -0.25) is 4.72 Å². The van der Waals surface area contributed by atoms with Crippen LogP contribution in [0.1, 0.15) is 24.5 Å². The van der Waals surface area contributed by atoms with Gasteiger partial charge >= 0.3 is 0 Å². The lowest BCUT2D eigenvalue weighted by atomic mass is 10.1. The van der Waals surface area contributed by atoms with Crippen LogP contribution in [0.15, 0.2) is 18.2 Å². The quantitative estimate of drug-likeness (QED) is 0.849. The average Bonchev–Trinajstić information content (AvgIpc) is 2.74. The Balaban J connectivity index is 2.20. The van der Waals surface area contributed by atoms with Gasteiger partial charge in [0.05, 0.1) is 5.25 Å². The van der Waals surface area contributed by atoms with Gasteiger partial charge in [0.1, 0.15) is 0 Å². The lowest BCUT2D eigenvalue weighted by Crippen LogP contribution is -2.31. The molecule has 1 aliphatic rings. The van der Waals surface area contributed by atoms with Crippen LogP contribution in [0.2, 0.25) is 0 Å². The number of aryl methyl sites for hydroxylation is 2. The standard InChI is InChI=1S/C12H18N2O2S/c1-9(8-13)17(15,16)14-12-6-5-10-3-2-4-11(10)7-12/h5-7,9,14H,2-4,8,13H2,1H3. The van der Waals surface area contributed by atoms with Crippen LogP contribution in [0.4, 0.5) is 5.69 Å². The van der Waals surface area contributed by atoms with Crippen molar-refractivity contribution in [1.82, 2.24) is 0 Å². The minimum absolute atomic E-state index is 0.125. The van der Waals surface area contributed by atoms with Crippen LogP contribution < -0.4 is 10.5 Å². The van der Waals surface area contributed by atoms with Crippen molar-refractivity contribution in [2.75, 3.05) is 11.3 Å². The number of anilines is 1. The molecule has 1 aliphatic carbocycles. The first-order valence-corrected chi connectivity index (χ1v) is 7.41. The van der Waals surface area contributed by atoms with Crippen molar-refractivity contribution >= 4 is 15.7 Å². The molecule has 0 saturated heterocycles. The molecule has 0 radical (unpaired) electrons. The van der Waals surface area contributed by atoms with Crippen molar-refractivity contribution in [2.45, 2.75) is 31.4 Å². The van der Waals surface area contributed by atoms with Gasteiger partial charge in [0.15, 0.2) is 0 Å². The third-order valence-electron chi connectivity index (χ3n) is 3.22. The van der Waals surface area contributed by atoms with Crippen LogP contribution in [0.25, 0.3) is 0 Å². The summed E-state index contributed by atoms with van der Waals surface area (Å²) in [4.78, 5) is 0. The van der Waals surface area contributed by atoms with E-state index in [-0.39, 0.29) is 6.54 Å². The van der Waals surface area contributed by atoms with Gasteiger partial charge in [-0.25, -0.2) is 8.42 Å². The molecule has 0 spiro atoms. The van der Waals surface area contributed by atoms with Crippen LogP contribution in [0.3, 0.4) is 0 Å². The molecule has 17 heavy (non-hydrogen) atoms. The smallest absolute Gasteiger partial charge is 0.236 e. The van der Waals surface area contributed by atoms with E-state index in [0.29, 0.717) is 5.69 Å². The van der Waals surface area contributed by atoms with E-state index < -0.39 is 15.3 Å². The predicted molar refractivity (Wildman–Crippen MR) is 69.5 cm³/mol. The van der Waals surface area contributed by atoms with Gasteiger partial charge in [-0.1, -0.05) is 6.07 Å². The van der Waals surface area contributed by atoms with Crippen LogP contribution in [0.5, 0.6) is 0 Å². The Kier molecular flexibility index (Phi) is 3.40. The van der Waals surface area contributed by atoms with Gasteiger partial charge in [-0.05, 0) is 49.4 Å². The molecule has 0 fully saturated rings. The molecule has 0 heterocycles. The zero-order chi connectivity index (χ0) is 12.5. The van der Waals surface area contributed by atoms with E-state index in [1.165, 1.54) is 11.1 Å². The molecule has 4 nitrogen and oxygen atoms in total. The Morgan fingerprint density at radius 3 is 2.76 bits per heavy atom. The first kappa shape index (κ1) is 12.4. The molecule has 0 aliphatic heterocycles. The largest absolute Gasteiger partial charge is 0.329 e. The summed E-state index contributed by atoms with van der Waals surface area (Å²) in [7, 11) is -3.36. The summed E-state index contributed by atoms with van der Waals surface area (Å²) in [6.07, 6.45) is 3.30. The zero-order valence-electron chi connectivity index (χ0n) is 9.94. The molecule has 1 aromatic rings. The first-order valence-electron chi connectivity index (χ1n) is 5.86. The maximum Gasteiger partial charge on any atom is 0.236 e. The number of rotatable bonds is 4. The Morgan fingerprint density at radius 1 is 1.35 bits per heavy atom. The molecule has 0 amide bonds. The molecule has 2 rings (SSSR count). The summed E-state index contributed by atoms with van der Waals surface area (Å²) in [6, 6.07) is 5.77. The number of fused-ring (bicyclic) bond motifs is 1. The Hall–Kier alpha value is -1.07. The number of benzene rings is 1. The Labute approximate surface area is 102 Å². The minimum Gasteiger partial charge on any atom is -0.329 e. The third kappa shape index (κ3) is 2.61. The molecule has 3 N–H and O–H groups in total. The summed E-state index contributed by atoms with van der Waals surface area (Å²) < 4.78 is 26.3. The molecule has 94 valence electrons. The average molecular weight is 254 g/mol. The second-order valence-electron chi connectivity index (χ2n) is 4.53. The van der Waals surface area contributed by atoms with Crippen LogP contribution in [-0.4, -0.2) is 20.2 Å². The lowest BCUT2D eigenvalue weighted by molar-refractivity contribution is 0.589. The summed E-state index contributed by atoms with van der Waals surface area (Å²) in [5.41, 5.74) is 8.62. The van der Waals surface area contributed by atoms with Gasteiger partial charge < -0.3 is 5.73 Å². The topological polar surface area (TPSA) is 72.2 Å². The summed E-state index contributed by atoms with van der Waals surface area (Å²) in [6.45, 7) is 1.73. The second kappa shape index (κ2) is 4.66. The summed E-state index contributed by atoms with van der Waals surface area (Å²) in [5, 5.41) is -0.573. The molecule has 0 aromatic heterocycles. The highest BCUT2D eigenvalue weighted by Crippen LogP contribution is 2.25. The highest BCUT2D eigenvalue weighted by Gasteiger charge is 2.19. The van der Waals surface area contributed by atoms with Crippen molar-refractivity contribution in [3.8, 4) is 0 Å². The monoisotopic (exact) mass is 254 g/mol. The van der Waals surface area contributed by atoms with Crippen LogP contribution in [-0.2, 0) is 22.9 Å². The van der Waals surface area contributed by atoms with Crippen molar-refractivity contribution in [2.24, 2.45) is 5.73 Å². The van der Waals surface area contributed by atoms with Crippen molar-refractivity contribution in [3.05, 3.63) is 29.3 Å². The lowest BCUT2D eigenvalue weighted by Gasteiger charge is -2.13. The fourth-order valence-corrected chi connectivity index (χ4v) is 2.94. The van der Waals surface area contributed by atoms with Crippen molar-refractivity contribution in [1.29, 1.82) is 0 Å². The number of nitrogens with one attached hydrogen (secondary N) is 1. The summed E-state index contributed by atoms with van der Waals surface area (Å²) in [5.74, 6) is 0. The van der Waals surface area contributed by atoms with Gasteiger partial charge in [-0.15, -0.1) is 0 Å². The van der Waals surface area contributed by atoms with E-state index in [2.05, 4.69) is 4.72 Å². The van der Waals surface area contributed by atoms with Crippen molar-refractivity contribution in [3.63, 3.8) is 0 Å². The first-order chi connectivity index (χ1) is 8.03. The van der Waals surface area contributed by atoms with Crippen LogP contribution >= 0.6 is 0 Å². The maximum atomic E-state index is 11.8. The molecule has 0 saturated carbocycles. The van der Waals surface area contributed by atoms with Crippen LogP contribution in [0, 0.1) is 0 Å². The van der Waals surface area contributed by atoms with Gasteiger partial charge in [-0.2, -0.15) is 0 Å². The summed E-state index contributed by atoms with van der Waals surface area (Å²) >= 11 is 0. The number of hydrogen-bond donors (Lipinski definition) is 2. The minimum atomic E-state index is -3.36. The van der Waals surface area contributed by atoms with Gasteiger partial charge in [0.2, 0.25) is 10.0 Å². The van der Waals surface area contributed by atoms with Gasteiger partial charge in [0, 0.05) is 12.2 Å². The highest BCUT2D eigenvalue weighted by atomic mass is 32.2. The molecular formula is C12H18N2O2S. The molecule has 5 heteroatoms. The van der Waals surface area contributed by atoms with E-state index in [1.54, 1.807) is 6.92 Å². The molecule has 1 atom stereocenters. The number of nitrogens with two attached hydrogens (primary N) is 1. The Bertz CT molecular complexity index is 511. The molecule has 1 unspecified atom stereocenters. The van der Waals surface area contributed by atoms with E-state index in [4.69, 9.17) is 5.73 Å². The molecule has 0 bridgehead atoms. The Morgan fingerprint density at radius 2 is 2.06 bits per heavy atom. The fraction of sp³-hybridized carbons (Fsp3) is 0.500. The zero-order valence-corrected chi connectivity index (χ0v) is 10.8. The second-order valence-corrected chi connectivity index (χ2v) is 6.63. The predicted octanol–water partition coefficient (Wildman–Crippen LogP) is 1.26. The van der Waals surface area contributed by atoms with E-state index >= 15 is 0 Å². The SMILES string of the molecule is CC(CN)S(=O)(=O)Nc1ccc2c(c1)CCC2. The molecular weight excluding hydrogens is 236 g/mol. The van der Waals surface area contributed by atoms with E-state index in [9.17, 15) is 8.42 Å². The third-order valence-corrected chi connectivity index (χ3v) is 4.99. The van der Waals surface area contributed by atoms with E-state index in [0.717, 1.165) is 19.3 Å². The normalized spacial score (nSPS) is 16.6. The number of sulfonamides is 1. The highest BCUT2D eigenvalue weighted by molar-refractivity contribution is 7.93.